The maximum Gasteiger partial charge on any atom is 0.241 e. The van der Waals surface area contributed by atoms with E-state index < -0.39 is 6.04 Å². The minimum Gasteiger partial charge on any atom is -0.350 e. The van der Waals surface area contributed by atoms with E-state index in [0.717, 1.165) is 0 Å². The lowest BCUT2D eigenvalue weighted by molar-refractivity contribution is -0.134. The number of likely N-dealkylation sites (tertiary alicyclic amines) is 1. The van der Waals surface area contributed by atoms with Gasteiger partial charge >= 0.3 is 0 Å². The van der Waals surface area contributed by atoms with Crippen LogP contribution in [-0.4, -0.2) is 46.1 Å². The Bertz CT molecular complexity index is 484. The first-order chi connectivity index (χ1) is 8.97. The second kappa shape index (κ2) is 5.40. The van der Waals surface area contributed by atoms with Crippen molar-refractivity contribution in [3.8, 4) is 0 Å². The third-order valence-corrected chi connectivity index (χ3v) is 3.34. The number of rotatable bonds is 3. The Labute approximate surface area is 111 Å². The molecule has 1 fully saturated rings. The molecule has 0 spiro atoms. The number of hydrogen-bond acceptors (Lipinski definition) is 4. The van der Waals surface area contributed by atoms with Gasteiger partial charge in [-0.2, -0.15) is 5.10 Å². The van der Waals surface area contributed by atoms with Gasteiger partial charge in [0.25, 0.3) is 0 Å². The molecule has 0 aromatic carbocycles. The van der Waals surface area contributed by atoms with Gasteiger partial charge in [0, 0.05) is 44.9 Å². The van der Waals surface area contributed by atoms with Crippen LogP contribution < -0.4 is 11.1 Å². The van der Waals surface area contributed by atoms with Gasteiger partial charge in [0.1, 0.15) is 6.04 Å². The monoisotopic (exact) mass is 265 g/mol. The zero-order chi connectivity index (χ0) is 14.0. The molecule has 7 heteroatoms. The van der Waals surface area contributed by atoms with Gasteiger partial charge < -0.3 is 16.0 Å². The first-order valence-corrected chi connectivity index (χ1v) is 6.26. The average Bonchev–Trinajstić information content (AvgIpc) is 2.79. The summed E-state index contributed by atoms with van der Waals surface area (Å²) in [6.07, 6.45) is 4.43. The molecule has 19 heavy (non-hydrogen) atoms. The lowest BCUT2D eigenvalue weighted by atomic mass is 10.0. The number of likely N-dealkylation sites (N-methyl/N-ethyl adjacent to an activating group) is 1. The highest BCUT2D eigenvalue weighted by molar-refractivity contribution is 5.83. The maximum atomic E-state index is 12.0. The fourth-order valence-corrected chi connectivity index (χ4v) is 2.17. The van der Waals surface area contributed by atoms with Crippen LogP contribution in [0, 0.1) is 0 Å². The summed E-state index contributed by atoms with van der Waals surface area (Å²) < 4.78 is 1.61. The van der Waals surface area contributed by atoms with E-state index >= 15 is 0 Å². The van der Waals surface area contributed by atoms with E-state index in [1.807, 2.05) is 0 Å². The SMILES string of the molecule is CN1CC(NC(=O)C(N)c2cnn(C)c2)CCC1=O. The Morgan fingerprint density at radius 2 is 2.32 bits per heavy atom. The summed E-state index contributed by atoms with van der Waals surface area (Å²) in [5.41, 5.74) is 6.57. The molecule has 1 aliphatic heterocycles. The number of aryl methyl sites for hydroxylation is 1. The van der Waals surface area contributed by atoms with Crippen molar-refractivity contribution in [2.75, 3.05) is 13.6 Å². The van der Waals surface area contributed by atoms with Gasteiger partial charge in [-0.25, -0.2) is 0 Å². The van der Waals surface area contributed by atoms with Gasteiger partial charge in [-0.05, 0) is 6.42 Å². The summed E-state index contributed by atoms with van der Waals surface area (Å²) in [5, 5.41) is 6.88. The Kier molecular flexibility index (Phi) is 3.84. The third kappa shape index (κ3) is 3.11. The molecule has 3 N–H and O–H groups in total. The van der Waals surface area contributed by atoms with Crippen molar-refractivity contribution < 1.29 is 9.59 Å². The summed E-state index contributed by atoms with van der Waals surface area (Å²) in [7, 11) is 3.51. The summed E-state index contributed by atoms with van der Waals surface area (Å²) in [5.74, 6) is -0.122. The van der Waals surface area contributed by atoms with Crippen LogP contribution in [0.3, 0.4) is 0 Å². The zero-order valence-corrected chi connectivity index (χ0v) is 11.2. The molecule has 2 unspecified atom stereocenters. The third-order valence-electron chi connectivity index (χ3n) is 3.34. The number of aromatic nitrogens is 2. The molecule has 0 saturated carbocycles. The molecular formula is C12H19N5O2. The summed E-state index contributed by atoms with van der Waals surface area (Å²) in [4.78, 5) is 25.0. The Morgan fingerprint density at radius 1 is 1.58 bits per heavy atom. The second-order valence-corrected chi connectivity index (χ2v) is 4.94. The van der Waals surface area contributed by atoms with Crippen LogP contribution in [0.1, 0.15) is 24.4 Å². The summed E-state index contributed by atoms with van der Waals surface area (Å²) >= 11 is 0. The van der Waals surface area contributed by atoms with E-state index in [1.165, 1.54) is 0 Å². The van der Waals surface area contributed by atoms with E-state index in [0.29, 0.717) is 24.9 Å². The number of nitrogens with one attached hydrogen (secondary N) is 1. The fraction of sp³-hybridized carbons (Fsp3) is 0.583. The van der Waals surface area contributed by atoms with Crippen LogP contribution in [0.2, 0.25) is 0 Å². The van der Waals surface area contributed by atoms with Gasteiger partial charge in [0.05, 0.1) is 6.20 Å². The first-order valence-electron chi connectivity index (χ1n) is 6.26. The molecule has 1 aromatic rings. The van der Waals surface area contributed by atoms with Crippen LogP contribution in [0.15, 0.2) is 12.4 Å². The maximum absolute atomic E-state index is 12.0. The smallest absolute Gasteiger partial charge is 0.241 e. The Balaban J connectivity index is 1.92. The molecule has 0 aliphatic carbocycles. The van der Waals surface area contributed by atoms with Crippen molar-refractivity contribution in [3.63, 3.8) is 0 Å². The number of carbonyl (C=O) groups excluding carboxylic acids is 2. The molecule has 0 bridgehead atoms. The highest BCUT2D eigenvalue weighted by Crippen LogP contribution is 2.12. The predicted octanol–water partition coefficient (Wildman–Crippen LogP) is -0.843. The fourth-order valence-electron chi connectivity index (χ4n) is 2.17. The lowest BCUT2D eigenvalue weighted by Gasteiger charge is -2.30. The standard InChI is InChI=1S/C12H19N5O2/c1-16-7-9(3-4-10(16)18)15-12(19)11(13)8-5-14-17(2)6-8/h5-6,9,11H,3-4,7,13H2,1-2H3,(H,15,19). The Hall–Kier alpha value is -1.89. The van der Waals surface area contributed by atoms with Gasteiger partial charge in [-0.3, -0.25) is 14.3 Å². The molecule has 1 saturated heterocycles. The van der Waals surface area contributed by atoms with Crippen molar-refractivity contribution in [1.29, 1.82) is 0 Å². The van der Waals surface area contributed by atoms with Crippen molar-refractivity contribution >= 4 is 11.8 Å². The van der Waals surface area contributed by atoms with E-state index in [2.05, 4.69) is 10.4 Å². The molecule has 7 nitrogen and oxygen atoms in total. The Morgan fingerprint density at radius 3 is 2.89 bits per heavy atom. The molecule has 2 heterocycles. The predicted molar refractivity (Wildman–Crippen MR) is 68.9 cm³/mol. The van der Waals surface area contributed by atoms with Crippen LogP contribution >= 0.6 is 0 Å². The van der Waals surface area contributed by atoms with E-state index in [4.69, 9.17) is 5.73 Å². The number of nitrogens with two attached hydrogens (primary N) is 1. The van der Waals surface area contributed by atoms with Crippen LogP contribution in [0.4, 0.5) is 0 Å². The van der Waals surface area contributed by atoms with Gasteiger partial charge in [-0.15, -0.1) is 0 Å². The van der Waals surface area contributed by atoms with Crippen LogP contribution in [-0.2, 0) is 16.6 Å². The summed E-state index contributed by atoms with van der Waals surface area (Å²) in [6, 6.07) is -0.755. The highest BCUT2D eigenvalue weighted by Gasteiger charge is 2.26. The molecule has 2 amide bonds. The van der Waals surface area contributed by atoms with Gasteiger partial charge in [0.2, 0.25) is 11.8 Å². The van der Waals surface area contributed by atoms with Crippen molar-refractivity contribution in [3.05, 3.63) is 18.0 Å². The van der Waals surface area contributed by atoms with Gasteiger partial charge in [0.15, 0.2) is 0 Å². The molecule has 104 valence electrons. The number of nitrogens with zero attached hydrogens (tertiary/aromatic N) is 3. The number of carbonyl (C=O) groups is 2. The van der Waals surface area contributed by atoms with Crippen molar-refractivity contribution in [1.82, 2.24) is 20.0 Å². The van der Waals surface area contributed by atoms with E-state index in [-0.39, 0.29) is 17.9 Å². The first kappa shape index (κ1) is 13.5. The molecule has 1 aromatic heterocycles. The number of hydrogen-bond donors (Lipinski definition) is 2. The highest BCUT2D eigenvalue weighted by atomic mass is 16.2. The lowest BCUT2D eigenvalue weighted by Crippen LogP contribution is -2.50. The van der Waals surface area contributed by atoms with E-state index in [1.54, 1.807) is 36.1 Å². The van der Waals surface area contributed by atoms with Crippen molar-refractivity contribution in [2.45, 2.75) is 24.9 Å². The number of amides is 2. The average molecular weight is 265 g/mol. The topological polar surface area (TPSA) is 93.2 Å². The molecular weight excluding hydrogens is 246 g/mol. The zero-order valence-electron chi connectivity index (χ0n) is 11.2. The van der Waals surface area contributed by atoms with Crippen molar-refractivity contribution in [2.24, 2.45) is 12.8 Å². The van der Waals surface area contributed by atoms with Gasteiger partial charge in [-0.1, -0.05) is 0 Å². The van der Waals surface area contributed by atoms with E-state index in [9.17, 15) is 9.59 Å². The molecule has 2 rings (SSSR count). The molecule has 1 aliphatic rings. The van der Waals surface area contributed by atoms with Crippen LogP contribution in [0.5, 0.6) is 0 Å². The minimum absolute atomic E-state index is 0.0297. The largest absolute Gasteiger partial charge is 0.350 e. The summed E-state index contributed by atoms with van der Waals surface area (Å²) in [6.45, 7) is 0.532. The second-order valence-electron chi connectivity index (χ2n) is 4.94. The number of piperidine rings is 1. The molecule has 2 atom stereocenters. The molecule has 0 radical (unpaired) electrons. The van der Waals surface area contributed by atoms with Crippen LogP contribution in [0.25, 0.3) is 0 Å². The normalized spacial score (nSPS) is 21.3. The minimum atomic E-state index is -0.725. The quantitative estimate of drug-likeness (QED) is 0.745.